The molecule has 6 nitrogen and oxygen atoms in total. The standard InChI is InChI=1S/C24H28N2O4/c1-3-29-21-12-19-11-16(2)30-22(19)13-20(21)14-25-24(28)18-8-6-17(7-9-18)15-26-10-4-5-23(26)27/h6-9,12-13,16H,3-5,10-11,14-15H2,1-2H3,(H,25,28)/t16-/m0/s1. The number of carbonyl (C=O) groups excluding carboxylic acids is 2. The molecular formula is C24H28N2O4. The quantitative estimate of drug-likeness (QED) is 0.762. The van der Waals surface area contributed by atoms with E-state index in [4.69, 9.17) is 9.47 Å². The van der Waals surface area contributed by atoms with E-state index in [2.05, 4.69) is 5.32 Å². The van der Waals surface area contributed by atoms with E-state index < -0.39 is 0 Å². The van der Waals surface area contributed by atoms with E-state index in [9.17, 15) is 9.59 Å². The van der Waals surface area contributed by atoms with Crippen LogP contribution in [-0.2, 0) is 24.3 Å². The maximum Gasteiger partial charge on any atom is 0.251 e. The molecule has 4 rings (SSSR count). The van der Waals surface area contributed by atoms with Crippen LogP contribution in [0.5, 0.6) is 11.5 Å². The molecule has 0 saturated carbocycles. The van der Waals surface area contributed by atoms with Gasteiger partial charge in [0.15, 0.2) is 0 Å². The molecule has 0 aliphatic carbocycles. The highest BCUT2D eigenvalue weighted by atomic mass is 16.5. The average molecular weight is 408 g/mol. The SMILES string of the molecule is CCOc1cc2c(cc1CNC(=O)c1ccc(CN3CCCC3=O)cc1)O[C@@H](C)C2. The van der Waals surface area contributed by atoms with E-state index in [0.717, 1.165) is 47.6 Å². The van der Waals surface area contributed by atoms with E-state index >= 15 is 0 Å². The third-order valence-corrected chi connectivity index (χ3v) is 5.58. The number of carbonyl (C=O) groups is 2. The van der Waals surface area contributed by atoms with Gasteiger partial charge >= 0.3 is 0 Å². The second-order valence-corrected chi connectivity index (χ2v) is 7.93. The number of hydrogen-bond donors (Lipinski definition) is 1. The second kappa shape index (κ2) is 8.78. The number of fused-ring (bicyclic) bond motifs is 1. The minimum Gasteiger partial charge on any atom is -0.494 e. The number of amides is 2. The van der Waals surface area contributed by atoms with E-state index in [1.54, 1.807) is 0 Å². The maximum absolute atomic E-state index is 12.6. The highest BCUT2D eigenvalue weighted by Crippen LogP contribution is 2.35. The van der Waals surface area contributed by atoms with Crippen LogP contribution in [0, 0.1) is 0 Å². The summed E-state index contributed by atoms with van der Waals surface area (Å²) in [5, 5.41) is 2.98. The van der Waals surface area contributed by atoms with Crippen LogP contribution in [0.2, 0.25) is 0 Å². The third kappa shape index (κ3) is 4.42. The minimum absolute atomic E-state index is 0.143. The predicted molar refractivity (Wildman–Crippen MR) is 114 cm³/mol. The molecule has 2 amide bonds. The van der Waals surface area contributed by atoms with Crippen molar-refractivity contribution in [2.24, 2.45) is 0 Å². The zero-order valence-electron chi connectivity index (χ0n) is 17.6. The van der Waals surface area contributed by atoms with Crippen molar-refractivity contribution in [1.82, 2.24) is 10.2 Å². The van der Waals surface area contributed by atoms with Crippen molar-refractivity contribution in [3.63, 3.8) is 0 Å². The first-order valence-corrected chi connectivity index (χ1v) is 10.6. The van der Waals surface area contributed by atoms with Gasteiger partial charge in [-0.05, 0) is 50.1 Å². The van der Waals surface area contributed by atoms with Crippen LogP contribution in [0.15, 0.2) is 36.4 Å². The van der Waals surface area contributed by atoms with Crippen molar-refractivity contribution in [2.45, 2.75) is 52.3 Å². The molecule has 158 valence electrons. The normalized spacial score (nSPS) is 17.6. The Hall–Kier alpha value is -3.02. The van der Waals surface area contributed by atoms with Crippen LogP contribution in [0.1, 0.15) is 53.7 Å². The molecule has 0 aromatic heterocycles. The molecule has 30 heavy (non-hydrogen) atoms. The second-order valence-electron chi connectivity index (χ2n) is 7.93. The lowest BCUT2D eigenvalue weighted by molar-refractivity contribution is -0.128. The molecule has 6 heteroatoms. The number of ether oxygens (including phenoxy) is 2. The molecule has 2 heterocycles. The van der Waals surface area contributed by atoms with Crippen molar-refractivity contribution in [3.05, 3.63) is 58.7 Å². The molecule has 0 unspecified atom stereocenters. The van der Waals surface area contributed by atoms with Crippen LogP contribution in [0.3, 0.4) is 0 Å². The summed E-state index contributed by atoms with van der Waals surface area (Å²) in [5.74, 6) is 1.72. The van der Waals surface area contributed by atoms with Gasteiger partial charge in [-0.25, -0.2) is 0 Å². The van der Waals surface area contributed by atoms with E-state index in [-0.39, 0.29) is 17.9 Å². The van der Waals surface area contributed by atoms with Crippen molar-refractivity contribution in [2.75, 3.05) is 13.2 Å². The smallest absolute Gasteiger partial charge is 0.251 e. The summed E-state index contributed by atoms with van der Waals surface area (Å²) in [4.78, 5) is 26.3. The van der Waals surface area contributed by atoms with Gasteiger partial charge in [-0.1, -0.05) is 12.1 Å². The van der Waals surface area contributed by atoms with E-state index in [1.165, 1.54) is 0 Å². The Morgan fingerprint density at radius 3 is 2.77 bits per heavy atom. The summed E-state index contributed by atoms with van der Waals surface area (Å²) in [7, 11) is 0. The van der Waals surface area contributed by atoms with Crippen molar-refractivity contribution >= 4 is 11.8 Å². The molecule has 1 N–H and O–H groups in total. The first kappa shape index (κ1) is 20.3. The van der Waals surface area contributed by atoms with Gasteiger partial charge in [0.25, 0.3) is 5.91 Å². The molecule has 0 bridgehead atoms. The Kier molecular flexibility index (Phi) is 5.93. The molecule has 0 spiro atoms. The Labute approximate surface area is 177 Å². The third-order valence-electron chi connectivity index (χ3n) is 5.58. The number of nitrogens with zero attached hydrogens (tertiary/aromatic N) is 1. The van der Waals surface area contributed by atoms with Gasteiger partial charge in [-0.3, -0.25) is 9.59 Å². The highest BCUT2D eigenvalue weighted by Gasteiger charge is 2.22. The van der Waals surface area contributed by atoms with Gasteiger partial charge in [-0.2, -0.15) is 0 Å². The number of likely N-dealkylation sites (tertiary alicyclic amines) is 1. The molecule has 1 fully saturated rings. The summed E-state index contributed by atoms with van der Waals surface area (Å²) in [5.41, 5.74) is 3.68. The molecule has 1 atom stereocenters. The fourth-order valence-corrected chi connectivity index (χ4v) is 4.04. The van der Waals surface area contributed by atoms with Gasteiger partial charge in [0.05, 0.1) is 6.61 Å². The van der Waals surface area contributed by atoms with E-state index in [1.807, 2.05) is 55.1 Å². The fourth-order valence-electron chi connectivity index (χ4n) is 4.04. The number of rotatable bonds is 7. The molecular weight excluding hydrogens is 380 g/mol. The van der Waals surface area contributed by atoms with Gasteiger partial charge in [0.2, 0.25) is 5.91 Å². The zero-order valence-corrected chi connectivity index (χ0v) is 17.6. The first-order chi connectivity index (χ1) is 14.5. The Morgan fingerprint density at radius 2 is 2.07 bits per heavy atom. The molecule has 0 radical (unpaired) electrons. The van der Waals surface area contributed by atoms with Crippen LogP contribution in [-0.4, -0.2) is 36.0 Å². The van der Waals surface area contributed by atoms with E-state index in [0.29, 0.717) is 31.7 Å². The van der Waals surface area contributed by atoms with Gasteiger partial charge in [-0.15, -0.1) is 0 Å². The monoisotopic (exact) mass is 408 g/mol. The topological polar surface area (TPSA) is 67.9 Å². The molecule has 2 aromatic carbocycles. The Balaban J connectivity index is 1.39. The largest absolute Gasteiger partial charge is 0.494 e. The lowest BCUT2D eigenvalue weighted by Gasteiger charge is -2.16. The first-order valence-electron chi connectivity index (χ1n) is 10.6. The van der Waals surface area contributed by atoms with Crippen LogP contribution >= 0.6 is 0 Å². The summed E-state index contributed by atoms with van der Waals surface area (Å²) in [6.45, 7) is 6.34. The number of benzene rings is 2. The van der Waals surface area contributed by atoms with Gasteiger partial charge in [0, 0.05) is 49.2 Å². The highest BCUT2D eigenvalue weighted by molar-refractivity contribution is 5.94. The van der Waals surface area contributed by atoms with Gasteiger partial charge < -0.3 is 19.7 Å². The molecule has 1 saturated heterocycles. The lowest BCUT2D eigenvalue weighted by Crippen LogP contribution is -2.24. The summed E-state index contributed by atoms with van der Waals surface area (Å²) in [6.07, 6.45) is 2.60. The van der Waals surface area contributed by atoms with Crippen LogP contribution in [0.25, 0.3) is 0 Å². The van der Waals surface area contributed by atoms with Crippen molar-refractivity contribution in [3.8, 4) is 11.5 Å². The predicted octanol–water partition coefficient (Wildman–Crippen LogP) is 3.46. The van der Waals surface area contributed by atoms with Crippen molar-refractivity contribution in [1.29, 1.82) is 0 Å². The average Bonchev–Trinajstić information content (AvgIpc) is 3.30. The van der Waals surface area contributed by atoms with Crippen LogP contribution < -0.4 is 14.8 Å². The summed E-state index contributed by atoms with van der Waals surface area (Å²) in [6, 6.07) is 11.4. The zero-order chi connectivity index (χ0) is 21.1. The maximum atomic E-state index is 12.6. The number of hydrogen-bond acceptors (Lipinski definition) is 4. The van der Waals surface area contributed by atoms with Crippen LogP contribution in [0.4, 0.5) is 0 Å². The Morgan fingerprint density at radius 1 is 1.27 bits per heavy atom. The summed E-state index contributed by atoms with van der Waals surface area (Å²) >= 11 is 0. The lowest BCUT2D eigenvalue weighted by atomic mass is 10.1. The molecule has 2 aliphatic rings. The molecule has 2 aromatic rings. The minimum atomic E-state index is -0.143. The van der Waals surface area contributed by atoms with Crippen molar-refractivity contribution < 1.29 is 19.1 Å². The fraction of sp³-hybridized carbons (Fsp3) is 0.417. The number of nitrogens with one attached hydrogen (secondary N) is 1. The van der Waals surface area contributed by atoms with Gasteiger partial charge in [0.1, 0.15) is 17.6 Å². The summed E-state index contributed by atoms with van der Waals surface area (Å²) < 4.78 is 11.6. The molecule has 2 aliphatic heterocycles. The Bertz CT molecular complexity index is 939.